The molecular formula is C20H20N4O4S. The summed E-state index contributed by atoms with van der Waals surface area (Å²) in [5, 5.41) is 14.8. The number of hydrogen-bond acceptors (Lipinski definition) is 6. The highest BCUT2D eigenvalue weighted by Crippen LogP contribution is 2.23. The van der Waals surface area contributed by atoms with Crippen molar-refractivity contribution in [3.63, 3.8) is 0 Å². The zero-order chi connectivity index (χ0) is 21.0. The van der Waals surface area contributed by atoms with Crippen LogP contribution in [0.5, 0.6) is 0 Å². The molecule has 3 rings (SSSR count). The molecule has 2 aromatic carbocycles. The first-order valence-electron chi connectivity index (χ1n) is 9.08. The largest absolute Gasteiger partial charge is 0.326 e. The summed E-state index contributed by atoms with van der Waals surface area (Å²) < 4.78 is 1.59. The Labute approximate surface area is 171 Å². The number of amides is 1. The molecule has 29 heavy (non-hydrogen) atoms. The molecule has 0 radical (unpaired) electrons. The van der Waals surface area contributed by atoms with Crippen molar-refractivity contribution in [3.05, 3.63) is 68.5 Å². The lowest BCUT2D eigenvalue weighted by Gasteiger charge is -2.11. The summed E-state index contributed by atoms with van der Waals surface area (Å²) in [6.45, 7) is 4.13. The molecule has 0 saturated carbocycles. The van der Waals surface area contributed by atoms with Crippen LogP contribution in [-0.2, 0) is 11.3 Å². The lowest BCUT2D eigenvalue weighted by molar-refractivity contribution is -0.384. The summed E-state index contributed by atoms with van der Waals surface area (Å²) in [6.07, 6.45) is 0.180. The normalized spacial score (nSPS) is 10.8. The van der Waals surface area contributed by atoms with Gasteiger partial charge < -0.3 is 5.32 Å². The number of carbonyl (C=O) groups is 1. The third-order valence-electron chi connectivity index (χ3n) is 4.41. The van der Waals surface area contributed by atoms with Gasteiger partial charge in [0.05, 0.1) is 21.5 Å². The van der Waals surface area contributed by atoms with Crippen LogP contribution in [0.4, 0.5) is 11.4 Å². The highest BCUT2D eigenvalue weighted by Gasteiger charge is 2.13. The maximum atomic E-state index is 12.6. The Kier molecular flexibility index (Phi) is 6.28. The predicted octanol–water partition coefficient (Wildman–Crippen LogP) is 3.75. The number of nitrogens with one attached hydrogen (secondary N) is 1. The second kappa shape index (κ2) is 8.87. The van der Waals surface area contributed by atoms with Crippen molar-refractivity contribution in [2.75, 3.05) is 11.1 Å². The van der Waals surface area contributed by atoms with Gasteiger partial charge in [-0.1, -0.05) is 30.0 Å². The number of rotatable bonds is 7. The van der Waals surface area contributed by atoms with Gasteiger partial charge in [-0.05, 0) is 31.5 Å². The fourth-order valence-electron chi connectivity index (χ4n) is 2.84. The summed E-state index contributed by atoms with van der Waals surface area (Å²) in [5.41, 5.74) is 1.61. The SMILES string of the molecule is CCn1c(SCCC(=O)Nc2cc([N+](=O)[O-])ccc2C)nc2ccccc2c1=O. The number of carbonyl (C=O) groups excluding carboxylic acids is 1. The van der Waals surface area contributed by atoms with E-state index in [0.717, 1.165) is 5.56 Å². The molecule has 0 unspecified atom stereocenters. The molecule has 0 bridgehead atoms. The molecular weight excluding hydrogens is 392 g/mol. The third kappa shape index (κ3) is 4.62. The van der Waals surface area contributed by atoms with Crippen LogP contribution in [0.1, 0.15) is 18.9 Å². The van der Waals surface area contributed by atoms with Crippen molar-refractivity contribution >= 4 is 39.9 Å². The molecule has 0 atom stereocenters. The zero-order valence-electron chi connectivity index (χ0n) is 16.0. The van der Waals surface area contributed by atoms with E-state index in [-0.39, 0.29) is 23.6 Å². The van der Waals surface area contributed by atoms with Gasteiger partial charge in [-0.3, -0.25) is 24.3 Å². The molecule has 0 fully saturated rings. The number of nitro benzene ring substituents is 1. The van der Waals surface area contributed by atoms with Gasteiger partial charge in [0.25, 0.3) is 11.2 Å². The summed E-state index contributed by atoms with van der Waals surface area (Å²) in [4.78, 5) is 39.9. The van der Waals surface area contributed by atoms with E-state index in [1.165, 1.54) is 23.9 Å². The minimum atomic E-state index is -0.500. The Hall–Kier alpha value is -3.20. The Morgan fingerprint density at radius 3 is 2.76 bits per heavy atom. The molecule has 0 aliphatic carbocycles. The van der Waals surface area contributed by atoms with Crippen molar-refractivity contribution in [2.24, 2.45) is 0 Å². The van der Waals surface area contributed by atoms with Gasteiger partial charge in [0, 0.05) is 30.9 Å². The topological polar surface area (TPSA) is 107 Å². The minimum Gasteiger partial charge on any atom is -0.326 e. The summed E-state index contributed by atoms with van der Waals surface area (Å²) >= 11 is 1.33. The molecule has 0 saturated heterocycles. The highest BCUT2D eigenvalue weighted by molar-refractivity contribution is 7.99. The molecule has 9 heteroatoms. The smallest absolute Gasteiger partial charge is 0.271 e. The van der Waals surface area contributed by atoms with E-state index in [0.29, 0.717) is 34.0 Å². The summed E-state index contributed by atoms with van der Waals surface area (Å²) in [5.74, 6) is 0.164. The molecule has 1 heterocycles. The fourth-order valence-corrected chi connectivity index (χ4v) is 3.84. The Morgan fingerprint density at radius 2 is 2.03 bits per heavy atom. The molecule has 0 spiro atoms. The summed E-state index contributed by atoms with van der Waals surface area (Å²) in [6, 6.07) is 11.5. The zero-order valence-corrected chi connectivity index (χ0v) is 16.9. The lowest BCUT2D eigenvalue weighted by atomic mass is 10.2. The van der Waals surface area contributed by atoms with Gasteiger partial charge in [-0.15, -0.1) is 0 Å². The number of aromatic nitrogens is 2. The fraction of sp³-hybridized carbons (Fsp3) is 0.250. The number of hydrogen-bond donors (Lipinski definition) is 1. The number of aryl methyl sites for hydroxylation is 1. The number of nitrogens with zero attached hydrogens (tertiary/aromatic N) is 3. The monoisotopic (exact) mass is 412 g/mol. The second-order valence-corrected chi connectivity index (χ2v) is 7.43. The van der Waals surface area contributed by atoms with Crippen LogP contribution >= 0.6 is 11.8 Å². The number of non-ortho nitro benzene ring substituents is 1. The number of fused-ring (bicyclic) bond motifs is 1. The van der Waals surface area contributed by atoms with Gasteiger partial charge in [-0.2, -0.15) is 0 Å². The standard InChI is InChI=1S/C20H20N4O4S/c1-3-23-19(26)15-6-4-5-7-16(15)22-20(23)29-11-10-18(25)21-17-12-14(24(27)28)9-8-13(17)2/h4-9,12H,3,10-11H2,1-2H3,(H,21,25). The summed E-state index contributed by atoms with van der Waals surface area (Å²) in [7, 11) is 0. The van der Waals surface area contributed by atoms with Crippen LogP contribution in [0, 0.1) is 17.0 Å². The van der Waals surface area contributed by atoms with Gasteiger partial charge >= 0.3 is 0 Å². The predicted molar refractivity (Wildman–Crippen MR) is 113 cm³/mol. The van der Waals surface area contributed by atoms with Crippen LogP contribution in [0.2, 0.25) is 0 Å². The van der Waals surface area contributed by atoms with E-state index in [4.69, 9.17) is 0 Å². The van der Waals surface area contributed by atoms with E-state index in [1.54, 1.807) is 35.8 Å². The van der Waals surface area contributed by atoms with Gasteiger partial charge in [0.2, 0.25) is 5.91 Å². The van der Waals surface area contributed by atoms with Crippen LogP contribution in [0.3, 0.4) is 0 Å². The molecule has 1 N–H and O–H groups in total. The average molecular weight is 412 g/mol. The van der Waals surface area contributed by atoms with Crippen molar-refractivity contribution in [3.8, 4) is 0 Å². The van der Waals surface area contributed by atoms with E-state index >= 15 is 0 Å². The lowest BCUT2D eigenvalue weighted by Crippen LogP contribution is -2.22. The molecule has 8 nitrogen and oxygen atoms in total. The van der Waals surface area contributed by atoms with Crippen molar-refractivity contribution in [2.45, 2.75) is 32.0 Å². The number of thioether (sulfide) groups is 1. The number of benzene rings is 2. The molecule has 0 aliphatic rings. The molecule has 150 valence electrons. The first-order valence-corrected chi connectivity index (χ1v) is 10.1. The highest BCUT2D eigenvalue weighted by atomic mass is 32.2. The molecule has 1 amide bonds. The maximum Gasteiger partial charge on any atom is 0.271 e. The first-order chi connectivity index (χ1) is 13.9. The average Bonchev–Trinajstić information content (AvgIpc) is 2.70. The Balaban J connectivity index is 1.69. The van der Waals surface area contributed by atoms with Crippen molar-refractivity contribution in [1.82, 2.24) is 9.55 Å². The van der Waals surface area contributed by atoms with Gasteiger partial charge in [0.1, 0.15) is 0 Å². The minimum absolute atomic E-state index is 0.0763. The van der Waals surface area contributed by atoms with Crippen molar-refractivity contribution < 1.29 is 9.72 Å². The maximum absolute atomic E-state index is 12.6. The second-order valence-electron chi connectivity index (χ2n) is 6.36. The van der Waals surface area contributed by atoms with E-state index < -0.39 is 4.92 Å². The van der Waals surface area contributed by atoms with E-state index in [9.17, 15) is 19.7 Å². The molecule has 1 aromatic heterocycles. The van der Waals surface area contributed by atoms with Crippen LogP contribution in [0.15, 0.2) is 52.4 Å². The third-order valence-corrected chi connectivity index (χ3v) is 5.39. The van der Waals surface area contributed by atoms with Crippen LogP contribution < -0.4 is 10.9 Å². The first kappa shape index (κ1) is 20.5. The molecule has 0 aliphatic heterocycles. The van der Waals surface area contributed by atoms with Gasteiger partial charge in [0.15, 0.2) is 5.16 Å². The quantitative estimate of drug-likeness (QED) is 0.274. The van der Waals surface area contributed by atoms with E-state index in [2.05, 4.69) is 10.3 Å². The van der Waals surface area contributed by atoms with Crippen LogP contribution in [0.25, 0.3) is 10.9 Å². The van der Waals surface area contributed by atoms with E-state index in [1.807, 2.05) is 13.0 Å². The number of anilines is 1. The van der Waals surface area contributed by atoms with Crippen molar-refractivity contribution in [1.29, 1.82) is 0 Å². The number of nitro groups is 1. The Bertz CT molecular complexity index is 1140. The van der Waals surface area contributed by atoms with Crippen LogP contribution in [-0.4, -0.2) is 26.1 Å². The Morgan fingerprint density at radius 1 is 1.28 bits per heavy atom. The number of para-hydroxylation sites is 1. The molecule has 3 aromatic rings. The van der Waals surface area contributed by atoms with Gasteiger partial charge in [-0.25, -0.2) is 4.98 Å².